The van der Waals surface area contributed by atoms with Gasteiger partial charge >= 0.3 is 0 Å². The van der Waals surface area contributed by atoms with Gasteiger partial charge in [-0.1, -0.05) is 18.9 Å². The quantitative estimate of drug-likeness (QED) is 0.478. The molecule has 7 rings (SSSR count). The van der Waals surface area contributed by atoms with Crippen LogP contribution < -0.4 is 14.5 Å². The Morgan fingerprint density at radius 2 is 1.68 bits per heavy atom. The van der Waals surface area contributed by atoms with Crippen molar-refractivity contribution in [2.75, 3.05) is 54.0 Å². The van der Waals surface area contributed by atoms with Crippen molar-refractivity contribution >= 4 is 44.0 Å². The van der Waals surface area contributed by atoms with Gasteiger partial charge in [-0.05, 0) is 75.4 Å². The summed E-state index contributed by atoms with van der Waals surface area (Å²) in [7, 11) is -1.67. The number of carbonyl (C=O) groups is 1. The molecule has 1 N–H and O–H groups in total. The fraction of sp³-hybridized carbons (Fsp3) is 0.516. The van der Waals surface area contributed by atoms with Crippen molar-refractivity contribution in [3.05, 3.63) is 42.2 Å². The Kier molecular flexibility index (Phi) is 6.46. The number of rotatable bonds is 5. The van der Waals surface area contributed by atoms with Crippen LogP contribution in [0.2, 0.25) is 0 Å². The van der Waals surface area contributed by atoms with E-state index in [9.17, 15) is 13.2 Å². The fourth-order valence-electron chi connectivity index (χ4n) is 7.52. The van der Waals surface area contributed by atoms with Gasteiger partial charge in [-0.2, -0.15) is 0 Å². The molecule has 10 heteroatoms. The van der Waals surface area contributed by atoms with E-state index in [1.54, 1.807) is 4.90 Å². The molecule has 3 aliphatic heterocycles. The Bertz CT molecular complexity index is 1620. The van der Waals surface area contributed by atoms with Crippen molar-refractivity contribution in [1.29, 1.82) is 0 Å². The third-order valence-electron chi connectivity index (χ3n) is 9.78. The molecule has 1 aliphatic carbocycles. The lowest BCUT2D eigenvalue weighted by atomic mass is 9.64. The Labute approximate surface area is 242 Å². The Morgan fingerprint density at radius 3 is 2.37 bits per heavy atom. The van der Waals surface area contributed by atoms with E-state index in [4.69, 9.17) is 4.98 Å². The standard InChI is InChI=1S/C31H38N6O3S/c1-35-27-20-32-25-8-7-21(17-24(25)28(27)31(30(35)38)11-6-12-31)22-18-26(34-41(2,39)40)29(33-19-22)37-15-9-23(10-16-37)36-13-4-3-5-14-36/h7-8,17-20,23,34H,3-6,9-16H2,1-2H3. The van der Waals surface area contributed by atoms with Gasteiger partial charge < -0.3 is 14.7 Å². The molecule has 0 radical (unpaired) electrons. The second-order valence-corrected chi connectivity index (χ2v) is 14.1. The zero-order valence-electron chi connectivity index (χ0n) is 23.9. The highest BCUT2D eigenvalue weighted by Gasteiger charge is 2.54. The molecule has 216 valence electrons. The first-order valence-electron chi connectivity index (χ1n) is 14.9. The number of piperidine rings is 2. The molecule has 3 fully saturated rings. The summed E-state index contributed by atoms with van der Waals surface area (Å²) in [6.07, 6.45) is 13.6. The van der Waals surface area contributed by atoms with E-state index >= 15 is 0 Å². The molecule has 0 unspecified atom stereocenters. The van der Waals surface area contributed by atoms with Crippen molar-refractivity contribution in [1.82, 2.24) is 14.9 Å². The lowest BCUT2D eigenvalue weighted by Crippen LogP contribution is -2.47. The van der Waals surface area contributed by atoms with Crippen LogP contribution in [-0.4, -0.2) is 74.7 Å². The molecule has 2 aromatic heterocycles. The van der Waals surface area contributed by atoms with E-state index in [1.165, 1.54) is 38.6 Å². The summed E-state index contributed by atoms with van der Waals surface area (Å²) in [5.41, 5.74) is 4.63. The minimum absolute atomic E-state index is 0.160. The number of aromatic nitrogens is 2. The number of fused-ring (bicyclic) bond motifs is 4. The van der Waals surface area contributed by atoms with Gasteiger partial charge in [0, 0.05) is 48.9 Å². The third kappa shape index (κ3) is 4.55. The maximum atomic E-state index is 13.3. The number of hydrogen-bond acceptors (Lipinski definition) is 7. The van der Waals surface area contributed by atoms with Crippen LogP contribution in [0.25, 0.3) is 22.0 Å². The molecule has 1 spiro atoms. The van der Waals surface area contributed by atoms with Crippen LogP contribution in [0.15, 0.2) is 36.7 Å². The van der Waals surface area contributed by atoms with Gasteiger partial charge in [0.2, 0.25) is 15.9 Å². The number of pyridine rings is 2. The summed E-state index contributed by atoms with van der Waals surface area (Å²) in [5.74, 6) is 0.841. The van der Waals surface area contributed by atoms with E-state index in [0.29, 0.717) is 17.5 Å². The van der Waals surface area contributed by atoms with Gasteiger partial charge in [-0.15, -0.1) is 0 Å². The highest BCUT2D eigenvalue weighted by Crippen LogP contribution is 2.55. The number of nitrogens with one attached hydrogen (secondary N) is 1. The second kappa shape index (κ2) is 9.94. The monoisotopic (exact) mass is 574 g/mol. The molecule has 1 amide bonds. The van der Waals surface area contributed by atoms with Crippen LogP contribution in [0.1, 0.15) is 56.9 Å². The topological polar surface area (TPSA) is 98.7 Å². The first-order valence-corrected chi connectivity index (χ1v) is 16.8. The molecule has 2 saturated heterocycles. The zero-order chi connectivity index (χ0) is 28.4. The molecule has 0 bridgehead atoms. The van der Waals surface area contributed by atoms with Crippen molar-refractivity contribution in [3.8, 4) is 11.1 Å². The number of amides is 1. The maximum Gasteiger partial charge on any atom is 0.237 e. The van der Waals surface area contributed by atoms with E-state index in [0.717, 1.165) is 78.5 Å². The highest BCUT2D eigenvalue weighted by molar-refractivity contribution is 7.92. The highest BCUT2D eigenvalue weighted by atomic mass is 32.2. The van der Waals surface area contributed by atoms with Crippen molar-refractivity contribution in [2.24, 2.45) is 0 Å². The lowest BCUT2D eigenvalue weighted by Gasteiger charge is -2.41. The average Bonchev–Trinajstić information content (AvgIpc) is 3.19. The molecular weight excluding hydrogens is 536 g/mol. The number of hydrogen-bond donors (Lipinski definition) is 1. The Balaban J connectivity index is 1.23. The lowest BCUT2D eigenvalue weighted by molar-refractivity contribution is -0.125. The number of nitrogens with zero attached hydrogens (tertiary/aromatic N) is 5. The number of benzene rings is 1. The zero-order valence-corrected chi connectivity index (χ0v) is 24.7. The number of likely N-dealkylation sites (tertiary alicyclic amines) is 1. The Morgan fingerprint density at radius 1 is 0.927 bits per heavy atom. The van der Waals surface area contributed by atoms with Crippen LogP contribution in [0.3, 0.4) is 0 Å². The maximum absolute atomic E-state index is 13.3. The van der Waals surface area contributed by atoms with Crippen molar-refractivity contribution < 1.29 is 13.2 Å². The SMILES string of the molecule is CN1C(=O)C2(CCC2)c2c1cnc1ccc(-c3cnc(N4CCC(N5CCCCC5)CC4)c(NS(C)(=O)=O)c3)cc21. The van der Waals surface area contributed by atoms with Gasteiger partial charge in [-0.3, -0.25) is 14.5 Å². The van der Waals surface area contributed by atoms with E-state index in [-0.39, 0.29) is 5.91 Å². The fourth-order valence-corrected chi connectivity index (χ4v) is 8.07. The molecule has 1 saturated carbocycles. The number of carbonyl (C=O) groups excluding carboxylic acids is 1. The number of sulfonamides is 1. The van der Waals surface area contributed by atoms with E-state index < -0.39 is 15.4 Å². The van der Waals surface area contributed by atoms with Crippen molar-refractivity contribution in [3.63, 3.8) is 0 Å². The summed E-state index contributed by atoms with van der Waals surface area (Å²) < 4.78 is 27.6. The van der Waals surface area contributed by atoms with Crippen molar-refractivity contribution in [2.45, 2.75) is 62.8 Å². The number of anilines is 3. The van der Waals surface area contributed by atoms with Gasteiger partial charge in [0.25, 0.3) is 0 Å². The van der Waals surface area contributed by atoms with E-state index in [2.05, 4.69) is 25.6 Å². The minimum atomic E-state index is -3.51. The normalized spacial score (nSPS) is 21.4. The molecule has 0 atom stereocenters. The second-order valence-electron chi connectivity index (χ2n) is 12.3. The van der Waals surface area contributed by atoms with Crippen LogP contribution >= 0.6 is 0 Å². The summed E-state index contributed by atoms with van der Waals surface area (Å²) in [6, 6.07) is 8.58. The largest absolute Gasteiger partial charge is 0.355 e. The van der Waals surface area contributed by atoms with Crippen LogP contribution in [0.5, 0.6) is 0 Å². The van der Waals surface area contributed by atoms with Gasteiger partial charge in [0.05, 0.1) is 34.8 Å². The third-order valence-corrected chi connectivity index (χ3v) is 10.4. The van der Waals surface area contributed by atoms with Gasteiger partial charge in [0.1, 0.15) is 0 Å². The molecular formula is C31H38N6O3S. The Hall–Kier alpha value is -3.24. The first-order chi connectivity index (χ1) is 19.7. The smallest absolute Gasteiger partial charge is 0.237 e. The molecule has 5 heterocycles. The number of likely N-dealkylation sites (N-methyl/N-ethyl adjacent to an activating group) is 1. The molecule has 41 heavy (non-hydrogen) atoms. The minimum Gasteiger partial charge on any atom is -0.355 e. The van der Waals surface area contributed by atoms with Crippen LogP contribution in [-0.2, 0) is 20.2 Å². The summed E-state index contributed by atoms with van der Waals surface area (Å²) in [4.78, 5) is 29.4. The van der Waals surface area contributed by atoms with Gasteiger partial charge in [-0.25, -0.2) is 13.4 Å². The summed E-state index contributed by atoms with van der Waals surface area (Å²) in [5, 5.41) is 0.985. The predicted molar refractivity (Wildman–Crippen MR) is 163 cm³/mol. The van der Waals surface area contributed by atoms with Crippen LogP contribution in [0.4, 0.5) is 17.2 Å². The predicted octanol–water partition coefficient (Wildman–Crippen LogP) is 4.52. The van der Waals surface area contributed by atoms with Crippen LogP contribution in [0, 0.1) is 0 Å². The molecule has 3 aromatic rings. The molecule has 1 aromatic carbocycles. The van der Waals surface area contributed by atoms with Gasteiger partial charge in [0.15, 0.2) is 5.82 Å². The van der Waals surface area contributed by atoms with E-state index in [1.807, 2.05) is 37.6 Å². The summed E-state index contributed by atoms with van der Waals surface area (Å²) in [6.45, 7) is 4.08. The average molecular weight is 575 g/mol. The molecule has 9 nitrogen and oxygen atoms in total. The summed E-state index contributed by atoms with van der Waals surface area (Å²) >= 11 is 0. The first kappa shape index (κ1) is 26.6. The molecule has 4 aliphatic rings.